The van der Waals surface area contributed by atoms with Crippen LogP contribution in [0.15, 0.2) is 29.2 Å². The van der Waals surface area contributed by atoms with Gasteiger partial charge in [-0.25, -0.2) is 0 Å². The fraction of sp³-hybridized carbons (Fsp3) is 0.467. The van der Waals surface area contributed by atoms with Gasteiger partial charge in [0.05, 0.1) is 7.11 Å². The summed E-state index contributed by atoms with van der Waals surface area (Å²) in [4.78, 5) is 23.4. The van der Waals surface area contributed by atoms with Crippen LogP contribution in [-0.2, 0) is 9.53 Å². The second kappa shape index (κ2) is 8.75. The van der Waals surface area contributed by atoms with Gasteiger partial charge in [-0.15, -0.1) is 11.8 Å². The Kier molecular flexibility index (Phi) is 7.26. The van der Waals surface area contributed by atoms with Gasteiger partial charge >= 0.3 is 5.97 Å². The minimum absolute atomic E-state index is 0.105. The molecule has 0 aromatic heterocycles. The van der Waals surface area contributed by atoms with Crippen molar-refractivity contribution in [3.05, 3.63) is 29.8 Å². The predicted octanol–water partition coefficient (Wildman–Crippen LogP) is 3.71. The number of methoxy groups -OCH3 is 1. The van der Waals surface area contributed by atoms with E-state index in [4.69, 9.17) is 0 Å². The Bertz CT molecular complexity index is 429. The van der Waals surface area contributed by atoms with Gasteiger partial charge in [-0.3, -0.25) is 9.59 Å². The molecule has 0 spiro atoms. The number of hydrogen-bond donors (Lipinski definition) is 0. The summed E-state index contributed by atoms with van der Waals surface area (Å²) in [6.45, 7) is 1.59. The minimum atomic E-state index is -0.144. The molecule has 0 saturated heterocycles. The largest absolute Gasteiger partial charge is 0.469 e. The highest BCUT2D eigenvalue weighted by atomic mass is 32.2. The van der Waals surface area contributed by atoms with E-state index in [1.54, 1.807) is 18.7 Å². The summed E-state index contributed by atoms with van der Waals surface area (Å²) < 4.78 is 4.59. The molecule has 0 bridgehead atoms. The summed E-state index contributed by atoms with van der Waals surface area (Å²) in [7, 11) is 1.41. The molecule has 19 heavy (non-hydrogen) atoms. The van der Waals surface area contributed by atoms with Gasteiger partial charge in [0, 0.05) is 16.9 Å². The van der Waals surface area contributed by atoms with Crippen molar-refractivity contribution in [1.29, 1.82) is 0 Å². The van der Waals surface area contributed by atoms with E-state index in [2.05, 4.69) is 4.74 Å². The number of benzene rings is 1. The number of hydrogen-bond acceptors (Lipinski definition) is 4. The van der Waals surface area contributed by atoms with E-state index in [1.165, 1.54) is 7.11 Å². The molecule has 104 valence electrons. The summed E-state index contributed by atoms with van der Waals surface area (Å²) in [5.74, 6) is 0.925. The van der Waals surface area contributed by atoms with E-state index in [-0.39, 0.29) is 11.8 Å². The van der Waals surface area contributed by atoms with Crippen LogP contribution in [0.1, 0.15) is 43.0 Å². The Labute approximate surface area is 118 Å². The van der Waals surface area contributed by atoms with Crippen LogP contribution in [0.3, 0.4) is 0 Å². The van der Waals surface area contributed by atoms with Crippen LogP contribution in [0, 0.1) is 0 Å². The van der Waals surface area contributed by atoms with Crippen molar-refractivity contribution in [3.8, 4) is 0 Å². The third-order valence-electron chi connectivity index (χ3n) is 2.78. The molecule has 1 aromatic carbocycles. The van der Waals surface area contributed by atoms with Crippen LogP contribution in [0.4, 0.5) is 0 Å². The zero-order chi connectivity index (χ0) is 14.1. The topological polar surface area (TPSA) is 43.4 Å². The molecule has 4 heteroatoms. The Morgan fingerprint density at radius 3 is 2.58 bits per heavy atom. The maximum absolute atomic E-state index is 11.4. The number of rotatable bonds is 8. The fourth-order valence-electron chi connectivity index (χ4n) is 1.72. The summed E-state index contributed by atoms with van der Waals surface area (Å²) >= 11 is 1.70. The number of carbonyl (C=O) groups is 2. The molecule has 0 radical (unpaired) electrons. The van der Waals surface area contributed by atoms with Crippen LogP contribution in [0.25, 0.3) is 0 Å². The molecular formula is C15H20O3S. The second-order valence-electron chi connectivity index (χ2n) is 4.29. The molecule has 1 rings (SSSR count). The third kappa shape index (κ3) is 5.92. The minimum Gasteiger partial charge on any atom is -0.469 e. The predicted molar refractivity (Wildman–Crippen MR) is 77.7 cm³/mol. The number of carbonyl (C=O) groups excluding carboxylic acids is 2. The van der Waals surface area contributed by atoms with Crippen molar-refractivity contribution in [2.45, 2.75) is 37.5 Å². The average Bonchev–Trinajstić information content (AvgIpc) is 2.42. The van der Waals surface area contributed by atoms with Gasteiger partial charge in [0.2, 0.25) is 0 Å². The van der Waals surface area contributed by atoms with Gasteiger partial charge in [-0.05, 0) is 31.6 Å². The lowest BCUT2D eigenvalue weighted by Crippen LogP contribution is -1.99. The van der Waals surface area contributed by atoms with E-state index in [0.717, 1.165) is 35.5 Å². The molecule has 0 saturated carbocycles. The van der Waals surface area contributed by atoms with E-state index in [9.17, 15) is 9.59 Å². The van der Waals surface area contributed by atoms with Crippen molar-refractivity contribution in [2.24, 2.45) is 0 Å². The summed E-state index contributed by atoms with van der Waals surface area (Å²) in [5, 5.41) is 0. The van der Waals surface area contributed by atoms with Crippen LogP contribution in [0.5, 0.6) is 0 Å². The lowest BCUT2D eigenvalue weighted by molar-refractivity contribution is -0.140. The van der Waals surface area contributed by atoms with Gasteiger partial charge in [0.25, 0.3) is 0 Å². The van der Waals surface area contributed by atoms with Gasteiger partial charge in [-0.2, -0.15) is 0 Å². The zero-order valence-electron chi connectivity index (χ0n) is 11.5. The molecule has 0 unspecified atom stereocenters. The normalized spacial score (nSPS) is 10.2. The second-order valence-corrected chi connectivity index (χ2v) is 5.42. The standard InChI is InChI=1S/C15H20O3S/c1-12(16)13-8-5-6-9-14(13)19-11-7-3-4-10-15(17)18-2/h5-6,8-9H,3-4,7,10-11H2,1-2H3. The fourth-order valence-corrected chi connectivity index (χ4v) is 2.83. The first-order chi connectivity index (χ1) is 9.15. The Balaban J connectivity index is 2.26. The van der Waals surface area contributed by atoms with E-state index in [0.29, 0.717) is 6.42 Å². The van der Waals surface area contributed by atoms with Crippen LogP contribution < -0.4 is 0 Å². The van der Waals surface area contributed by atoms with Gasteiger partial charge in [-0.1, -0.05) is 24.6 Å². The van der Waals surface area contributed by atoms with Crippen molar-refractivity contribution < 1.29 is 14.3 Å². The molecule has 0 aliphatic rings. The summed E-state index contributed by atoms with van der Waals surface area (Å²) in [5.41, 5.74) is 0.794. The van der Waals surface area contributed by atoms with Crippen molar-refractivity contribution in [2.75, 3.05) is 12.9 Å². The lowest BCUT2D eigenvalue weighted by atomic mass is 10.1. The molecule has 0 aliphatic heterocycles. The van der Waals surface area contributed by atoms with Gasteiger partial charge in [0.1, 0.15) is 0 Å². The molecule has 3 nitrogen and oxygen atoms in total. The van der Waals surface area contributed by atoms with E-state index < -0.39 is 0 Å². The smallest absolute Gasteiger partial charge is 0.305 e. The molecule has 0 aliphatic carbocycles. The lowest BCUT2D eigenvalue weighted by Gasteiger charge is -2.06. The van der Waals surface area contributed by atoms with Crippen LogP contribution in [-0.4, -0.2) is 24.6 Å². The molecule has 0 N–H and O–H groups in total. The van der Waals surface area contributed by atoms with Crippen molar-refractivity contribution in [3.63, 3.8) is 0 Å². The Morgan fingerprint density at radius 1 is 1.16 bits per heavy atom. The van der Waals surface area contributed by atoms with Gasteiger partial charge < -0.3 is 4.74 Å². The van der Waals surface area contributed by atoms with Crippen LogP contribution in [0.2, 0.25) is 0 Å². The SMILES string of the molecule is COC(=O)CCCCCSc1ccccc1C(C)=O. The van der Waals surface area contributed by atoms with E-state index >= 15 is 0 Å². The molecule has 0 amide bonds. The maximum Gasteiger partial charge on any atom is 0.305 e. The first-order valence-electron chi connectivity index (χ1n) is 6.44. The highest BCUT2D eigenvalue weighted by molar-refractivity contribution is 7.99. The number of esters is 1. The monoisotopic (exact) mass is 280 g/mol. The molecule has 0 atom stereocenters. The first kappa shape index (κ1) is 15.8. The molecule has 0 heterocycles. The molecule has 1 aromatic rings. The Morgan fingerprint density at radius 2 is 1.89 bits per heavy atom. The van der Waals surface area contributed by atoms with Crippen molar-refractivity contribution >= 4 is 23.5 Å². The van der Waals surface area contributed by atoms with E-state index in [1.807, 2.05) is 24.3 Å². The number of thioether (sulfide) groups is 1. The quantitative estimate of drug-likeness (QED) is 0.315. The summed E-state index contributed by atoms with van der Waals surface area (Å²) in [6.07, 6.45) is 3.39. The Hall–Kier alpha value is -1.29. The van der Waals surface area contributed by atoms with Crippen LogP contribution >= 0.6 is 11.8 Å². The average molecular weight is 280 g/mol. The first-order valence-corrected chi connectivity index (χ1v) is 7.43. The van der Waals surface area contributed by atoms with Gasteiger partial charge in [0.15, 0.2) is 5.78 Å². The third-order valence-corrected chi connectivity index (χ3v) is 3.94. The zero-order valence-corrected chi connectivity index (χ0v) is 12.3. The molecular weight excluding hydrogens is 260 g/mol. The van der Waals surface area contributed by atoms with Crippen molar-refractivity contribution in [1.82, 2.24) is 0 Å². The molecule has 0 fully saturated rings. The number of unbranched alkanes of at least 4 members (excludes halogenated alkanes) is 2. The maximum atomic E-state index is 11.4. The number of ketones is 1. The number of ether oxygens (including phenoxy) is 1. The summed E-state index contributed by atoms with van der Waals surface area (Å²) in [6, 6.07) is 7.68. The highest BCUT2D eigenvalue weighted by Crippen LogP contribution is 2.24. The highest BCUT2D eigenvalue weighted by Gasteiger charge is 2.06. The number of Topliss-reactive ketones (excluding diaryl/α,β-unsaturated/α-hetero) is 1.